The van der Waals surface area contributed by atoms with E-state index in [1.165, 1.54) is 19.3 Å². The summed E-state index contributed by atoms with van der Waals surface area (Å²) < 4.78 is 10.9. The summed E-state index contributed by atoms with van der Waals surface area (Å²) >= 11 is 0. The molecule has 0 aromatic heterocycles. The molecule has 0 aromatic carbocycles. The van der Waals surface area contributed by atoms with Crippen molar-refractivity contribution in [3.05, 3.63) is 12.2 Å². The average molecular weight is 316 g/mol. The van der Waals surface area contributed by atoms with Crippen LogP contribution in [0.2, 0.25) is 0 Å². The third kappa shape index (κ3) is 7.20. The first kappa shape index (κ1) is 19.6. The summed E-state index contributed by atoms with van der Waals surface area (Å²) in [4.78, 5) is 0. The summed E-state index contributed by atoms with van der Waals surface area (Å²) in [7, 11) is 0. The zero-order valence-corrected chi connectivity index (χ0v) is 13.7. The first-order valence-electron chi connectivity index (χ1n) is 8.55. The monoisotopic (exact) mass is 316 g/mol. The zero-order chi connectivity index (χ0) is 16.2. The van der Waals surface area contributed by atoms with Crippen molar-refractivity contribution >= 4 is 0 Å². The van der Waals surface area contributed by atoms with Crippen LogP contribution in [0.5, 0.6) is 0 Å². The van der Waals surface area contributed by atoms with Gasteiger partial charge in [-0.1, -0.05) is 38.3 Å². The normalized spacial score (nSPS) is 26.8. The first-order chi connectivity index (χ1) is 10.7. The number of hydrogen-bond acceptors (Lipinski definition) is 5. The largest absolute Gasteiger partial charge is 0.394 e. The third-order valence-corrected chi connectivity index (χ3v) is 3.97. The van der Waals surface area contributed by atoms with Crippen LogP contribution in [0, 0.1) is 0 Å². The van der Waals surface area contributed by atoms with E-state index >= 15 is 0 Å². The Hall–Kier alpha value is -0.460. The fraction of sp³-hybridized carbons (Fsp3) is 0.882. The van der Waals surface area contributed by atoms with Crippen molar-refractivity contribution in [2.45, 2.75) is 76.3 Å². The van der Waals surface area contributed by atoms with Gasteiger partial charge >= 0.3 is 0 Å². The van der Waals surface area contributed by atoms with Crippen LogP contribution < -0.4 is 0 Å². The highest BCUT2D eigenvalue weighted by Gasteiger charge is 2.40. The van der Waals surface area contributed by atoms with Gasteiger partial charge in [0, 0.05) is 6.61 Å². The lowest BCUT2D eigenvalue weighted by Gasteiger charge is -2.20. The third-order valence-electron chi connectivity index (χ3n) is 3.97. The predicted molar refractivity (Wildman–Crippen MR) is 85.7 cm³/mol. The Morgan fingerprint density at radius 1 is 1.18 bits per heavy atom. The Kier molecular flexibility index (Phi) is 10.7. The van der Waals surface area contributed by atoms with Gasteiger partial charge in [-0.05, 0) is 25.7 Å². The van der Waals surface area contributed by atoms with Gasteiger partial charge in [-0.15, -0.1) is 0 Å². The highest BCUT2D eigenvalue weighted by molar-refractivity contribution is 4.88. The van der Waals surface area contributed by atoms with Crippen molar-refractivity contribution in [1.82, 2.24) is 0 Å². The van der Waals surface area contributed by atoms with Gasteiger partial charge in [0.05, 0.1) is 13.2 Å². The van der Waals surface area contributed by atoms with Gasteiger partial charge in [-0.3, -0.25) is 0 Å². The minimum Gasteiger partial charge on any atom is -0.394 e. The van der Waals surface area contributed by atoms with Crippen LogP contribution >= 0.6 is 0 Å². The highest BCUT2D eigenvalue weighted by Crippen LogP contribution is 2.20. The van der Waals surface area contributed by atoms with Crippen LogP contribution in [-0.4, -0.2) is 59.6 Å². The molecule has 0 unspecified atom stereocenters. The molecule has 1 aliphatic rings. The lowest BCUT2D eigenvalue weighted by atomic mass is 10.1. The summed E-state index contributed by atoms with van der Waals surface area (Å²) in [5, 5.41) is 28.3. The van der Waals surface area contributed by atoms with Crippen LogP contribution in [0.25, 0.3) is 0 Å². The molecule has 0 spiro atoms. The zero-order valence-electron chi connectivity index (χ0n) is 13.7. The molecular weight excluding hydrogens is 284 g/mol. The molecule has 4 atom stereocenters. The molecule has 5 heteroatoms. The van der Waals surface area contributed by atoms with Crippen LogP contribution in [0.1, 0.15) is 51.9 Å². The minimum absolute atomic E-state index is 0.267. The van der Waals surface area contributed by atoms with Crippen LogP contribution in [0.3, 0.4) is 0 Å². The van der Waals surface area contributed by atoms with Crippen LogP contribution in [0.4, 0.5) is 0 Å². The van der Waals surface area contributed by atoms with E-state index in [2.05, 4.69) is 19.1 Å². The molecular formula is C17H32O5. The van der Waals surface area contributed by atoms with E-state index < -0.39 is 31.0 Å². The lowest BCUT2D eigenvalue weighted by Crippen LogP contribution is -2.41. The quantitative estimate of drug-likeness (QED) is 0.378. The number of unbranched alkanes of at least 4 members (excludes halogenated alkanes) is 5. The van der Waals surface area contributed by atoms with E-state index in [4.69, 9.17) is 14.6 Å². The predicted octanol–water partition coefficient (Wildman–Crippen LogP) is 1.79. The molecule has 0 aromatic rings. The van der Waals surface area contributed by atoms with Gasteiger partial charge in [-0.25, -0.2) is 0 Å². The molecule has 5 nitrogen and oxygen atoms in total. The van der Waals surface area contributed by atoms with E-state index in [0.29, 0.717) is 6.61 Å². The Balaban J connectivity index is 2.00. The maximum Gasteiger partial charge on any atom is 0.114 e. The minimum atomic E-state index is -1.05. The van der Waals surface area contributed by atoms with E-state index in [-0.39, 0.29) is 6.61 Å². The maximum absolute atomic E-state index is 9.96. The number of aliphatic hydroxyl groups excluding tert-OH is 3. The van der Waals surface area contributed by atoms with E-state index in [9.17, 15) is 10.2 Å². The average Bonchev–Trinajstić information content (AvgIpc) is 2.89. The second-order valence-corrected chi connectivity index (χ2v) is 5.91. The van der Waals surface area contributed by atoms with Crippen molar-refractivity contribution < 1.29 is 24.8 Å². The van der Waals surface area contributed by atoms with Crippen molar-refractivity contribution in [3.8, 4) is 0 Å². The molecule has 0 amide bonds. The van der Waals surface area contributed by atoms with E-state index in [1.54, 1.807) is 0 Å². The van der Waals surface area contributed by atoms with Gasteiger partial charge in [-0.2, -0.15) is 0 Å². The van der Waals surface area contributed by atoms with Crippen LogP contribution in [0.15, 0.2) is 12.2 Å². The lowest BCUT2D eigenvalue weighted by molar-refractivity contribution is -0.0730. The fourth-order valence-electron chi connectivity index (χ4n) is 2.54. The summed E-state index contributed by atoms with van der Waals surface area (Å²) in [5.41, 5.74) is 0. The number of allylic oxidation sites excluding steroid dienone is 2. The van der Waals surface area contributed by atoms with Gasteiger partial charge in [0.25, 0.3) is 0 Å². The standard InChI is InChI=1S/C17H32O5/c1-2-3-4-5-6-7-8-9-10-11-21-15-13-22-17(16(15)20)14(19)12-18/h5-6,14-20H,2-4,7-13H2,1H3/b6-5+/t14-,15+,16-,17-/m0/s1. The molecule has 0 aliphatic carbocycles. The second-order valence-electron chi connectivity index (χ2n) is 5.91. The number of ether oxygens (including phenoxy) is 2. The van der Waals surface area contributed by atoms with Gasteiger partial charge in [0.1, 0.15) is 24.4 Å². The molecule has 1 aliphatic heterocycles. The van der Waals surface area contributed by atoms with Gasteiger partial charge in [0.2, 0.25) is 0 Å². The van der Waals surface area contributed by atoms with Crippen molar-refractivity contribution in [2.75, 3.05) is 19.8 Å². The summed E-state index contributed by atoms with van der Waals surface area (Å²) in [6.07, 6.45) is 9.46. The van der Waals surface area contributed by atoms with Crippen LogP contribution in [-0.2, 0) is 9.47 Å². The molecule has 130 valence electrons. The maximum atomic E-state index is 9.96. The molecule has 0 bridgehead atoms. The molecule has 0 radical (unpaired) electrons. The summed E-state index contributed by atoms with van der Waals surface area (Å²) in [5.74, 6) is 0. The van der Waals surface area contributed by atoms with Crippen molar-refractivity contribution in [3.63, 3.8) is 0 Å². The van der Waals surface area contributed by atoms with E-state index in [1.807, 2.05) is 0 Å². The Morgan fingerprint density at radius 3 is 2.59 bits per heavy atom. The van der Waals surface area contributed by atoms with Gasteiger partial charge < -0.3 is 24.8 Å². The SMILES string of the molecule is CCCC/C=C/CCCCCO[C@@H]1CO[C@@H]([C@@H](O)CO)[C@H]1O. The first-order valence-corrected chi connectivity index (χ1v) is 8.55. The smallest absolute Gasteiger partial charge is 0.114 e. The van der Waals surface area contributed by atoms with Crippen molar-refractivity contribution in [2.24, 2.45) is 0 Å². The molecule has 1 saturated heterocycles. The molecule has 3 N–H and O–H groups in total. The Bertz CT molecular complexity index is 295. The van der Waals surface area contributed by atoms with Gasteiger partial charge in [0.15, 0.2) is 0 Å². The summed E-state index contributed by atoms with van der Waals surface area (Å²) in [6.45, 7) is 2.64. The van der Waals surface area contributed by atoms with Crippen molar-refractivity contribution in [1.29, 1.82) is 0 Å². The molecule has 1 rings (SSSR count). The molecule has 22 heavy (non-hydrogen) atoms. The number of hydrogen-bond donors (Lipinski definition) is 3. The summed E-state index contributed by atoms with van der Waals surface area (Å²) in [6, 6.07) is 0. The topological polar surface area (TPSA) is 79.2 Å². The Labute approximate surface area is 133 Å². The molecule has 1 fully saturated rings. The second kappa shape index (κ2) is 12.0. The molecule has 0 saturated carbocycles. The number of aliphatic hydroxyl groups is 3. The fourth-order valence-corrected chi connectivity index (χ4v) is 2.54. The number of rotatable bonds is 12. The van der Waals surface area contributed by atoms with E-state index in [0.717, 1.165) is 25.7 Å². The molecule has 1 heterocycles. The highest BCUT2D eigenvalue weighted by atomic mass is 16.6. The Morgan fingerprint density at radius 2 is 1.91 bits per heavy atom.